The molecule has 0 saturated carbocycles. The van der Waals surface area contributed by atoms with Crippen molar-refractivity contribution in [3.63, 3.8) is 0 Å². The Bertz CT molecular complexity index is 1280. The summed E-state index contributed by atoms with van der Waals surface area (Å²) in [6.45, 7) is 6.17. The van der Waals surface area contributed by atoms with Gasteiger partial charge in [-0.15, -0.1) is 0 Å². The number of hydrogen-bond donors (Lipinski definition) is 1. The summed E-state index contributed by atoms with van der Waals surface area (Å²) >= 11 is 12.3. The number of pyridine rings is 1. The molecule has 0 saturated heterocycles. The lowest BCUT2D eigenvalue weighted by molar-refractivity contribution is -0.115. The number of imidazole rings is 1. The van der Waals surface area contributed by atoms with Gasteiger partial charge in [-0.3, -0.25) is 4.79 Å². The molecule has 0 aliphatic carbocycles. The summed E-state index contributed by atoms with van der Waals surface area (Å²) in [6.07, 6.45) is 2.09. The zero-order valence-corrected chi connectivity index (χ0v) is 18.5. The van der Waals surface area contributed by atoms with E-state index in [9.17, 15) is 4.79 Å². The van der Waals surface area contributed by atoms with Gasteiger partial charge in [-0.1, -0.05) is 41.4 Å². The number of halogens is 2. The van der Waals surface area contributed by atoms with Gasteiger partial charge in [0.1, 0.15) is 5.65 Å². The zero-order valence-electron chi connectivity index (χ0n) is 17.0. The summed E-state index contributed by atoms with van der Waals surface area (Å²) < 4.78 is 1.99. The number of fused-ring (bicyclic) bond motifs is 1. The third-order valence-electron chi connectivity index (χ3n) is 5.25. The molecular formula is C24H21Cl2N3O. The van der Waals surface area contributed by atoms with Crippen LogP contribution >= 0.6 is 23.2 Å². The first-order valence-corrected chi connectivity index (χ1v) is 10.4. The maximum atomic E-state index is 12.9. The summed E-state index contributed by atoms with van der Waals surface area (Å²) in [5.74, 6) is -0.187. The molecule has 2 heterocycles. The Morgan fingerprint density at radius 3 is 2.57 bits per heavy atom. The second kappa shape index (κ2) is 8.13. The molecule has 0 aliphatic heterocycles. The van der Waals surface area contributed by atoms with Gasteiger partial charge in [0.15, 0.2) is 0 Å². The van der Waals surface area contributed by atoms with Crippen LogP contribution in [-0.2, 0) is 11.2 Å². The van der Waals surface area contributed by atoms with Crippen LogP contribution in [0.1, 0.15) is 22.4 Å². The van der Waals surface area contributed by atoms with Crippen molar-refractivity contribution in [1.82, 2.24) is 9.38 Å². The lowest BCUT2D eigenvalue weighted by Gasteiger charge is -2.10. The number of aryl methyl sites for hydroxylation is 3. The normalized spacial score (nSPS) is 11.1. The lowest BCUT2D eigenvalue weighted by atomic mass is 10.0. The first-order valence-electron chi connectivity index (χ1n) is 9.62. The van der Waals surface area contributed by atoms with Gasteiger partial charge in [-0.2, -0.15) is 0 Å². The van der Waals surface area contributed by atoms with Gasteiger partial charge >= 0.3 is 0 Å². The van der Waals surface area contributed by atoms with Gasteiger partial charge in [0.2, 0.25) is 5.91 Å². The molecule has 6 heteroatoms. The first-order chi connectivity index (χ1) is 14.3. The topological polar surface area (TPSA) is 46.4 Å². The van der Waals surface area contributed by atoms with E-state index in [2.05, 4.69) is 37.4 Å². The van der Waals surface area contributed by atoms with Crippen LogP contribution < -0.4 is 5.32 Å². The van der Waals surface area contributed by atoms with Gasteiger partial charge in [0.05, 0.1) is 28.5 Å². The molecule has 0 spiro atoms. The molecule has 0 radical (unpaired) electrons. The van der Waals surface area contributed by atoms with E-state index in [0.29, 0.717) is 15.7 Å². The molecule has 0 unspecified atom stereocenters. The van der Waals surface area contributed by atoms with Crippen molar-refractivity contribution in [2.75, 3.05) is 5.32 Å². The molecule has 1 amide bonds. The van der Waals surface area contributed by atoms with E-state index < -0.39 is 0 Å². The van der Waals surface area contributed by atoms with Crippen molar-refractivity contribution in [1.29, 1.82) is 0 Å². The molecule has 4 rings (SSSR count). The molecule has 152 valence electrons. The van der Waals surface area contributed by atoms with Gasteiger partial charge in [0, 0.05) is 16.8 Å². The summed E-state index contributed by atoms with van der Waals surface area (Å²) in [7, 11) is 0. The minimum atomic E-state index is -0.187. The number of anilines is 1. The number of rotatable bonds is 4. The quantitative estimate of drug-likeness (QED) is 0.400. The van der Waals surface area contributed by atoms with Crippen molar-refractivity contribution < 1.29 is 4.79 Å². The Hall–Kier alpha value is -2.82. The smallest absolute Gasteiger partial charge is 0.230 e. The lowest BCUT2D eigenvalue weighted by Crippen LogP contribution is -2.16. The van der Waals surface area contributed by atoms with Crippen LogP contribution in [0.15, 0.2) is 54.7 Å². The van der Waals surface area contributed by atoms with Crippen molar-refractivity contribution in [2.45, 2.75) is 27.2 Å². The fraction of sp³-hybridized carbons (Fsp3) is 0.167. The molecule has 0 bridgehead atoms. The number of carbonyl (C=O) groups excluding carboxylic acids is 1. The molecule has 1 N–H and O–H groups in total. The highest BCUT2D eigenvalue weighted by atomic mass is 35.5. The van der Waals surface area contributed by atoms with Gasteiger partial charge in [-0.25, -0.2) is 4.98 Å². The van der Waals surface area contributed by atoms with E-state index in [4.69, 9.17) is 28.2 Å². The van der Waals surface area contributed by atoms with Crippen LogP contribution in [0.5, 0.6) is 0 Å². The second-order valence-electron chi connectivity index (χ2n) is 7.44. The molecule has 0 atom stereocenters. The average molecular weight is 438 g/mol. The Morgan fingerprint density at radius 2 is 1.80 bits per heavy atom. The maximum Gasteiger partial charge on any atom is 0.230 e. The van der Waals surface area contributed by atoms with Crippen LogP contribution in [-0.4, -0.2) is 15.3 Å². The highest BCUT2D eigenvalue weighted by molar-refractivity contribution is 6.35. The van der Waals surface area contributed by atoms with Gasteiger partial charge in [-0.05, 0) is 67.8 Å². The molecule has 30 heavy (non-hydrogen) atoms. The van der Waals surface area contributed by atoms with Crippen molar-refractivity contribution in [2.24, 2.45) is 0 Å². The first kappa shape index (κ1) is 20.5. The molecule has 2 aromatic carbocycles. The van der Waals surface area contributed by atoms with Gasteiger partial charge in [0.25, 0.3) is 0 Å². The third-order valence-corrected chi connectivity index (χ3v) is 5.82. The van der Waals surface area contributed by atoms with Crippen LogP contribution in [0.25, 0.3) is 16.9 Å². The third kappa shape index (κ3) is 3.93. The summed E-state index contributed by atoms with van der Waals surface area (Å²) in [6, 6.07) is 15.2. The molecular weight excluding hydrogens is 417 g/mol. The second-order valence-corrected chi connectivity index (χ2v) is 8.28. The highest BCUT2D eigenvalue weighted by Gasteiger charge is 2.19. The SMILES string of the molecule is Cc1ccc(-c2nc3c(C)cccn3c2CC(=O)Nc2cc(Cl)ccc2Cl)cc1C. The number of carbonyl (C=O) groups is 1. The fourth-order valence-corrected chi connectivity index (χ4v) is 3.82. The number of benzene rings is 2. The number of aromatic nitrogens is 2. The predicted molar refractivity (Wildman–Crippen MR) is 124 cm³/mol. The molecule has 4 nitrogen and oxygen atoms in total. The summed E-state index contributed by atoms with van der Waals surface area (Å²) in [5, 5.41) is 3.82. The summed E-state index contributed by atoms with van der Waals surface area (Å²) in [5.41, 5.74) is 7.40. The van der Waals surface area contributed by atoms with Crippen LogP contribution in [0, 0.1) is 20.8 Å². The predicted octanol–water partition coefficient (Wildman–Crippen LogP) is 6.41. The van der Waals surface area contributed by atoms with Gasteiger partial charge < -0.3 is 9.72 Å². The van der Waals surface area contributed by atoms with Crippen molar-refractivity contribution in [3.8, 4) is 11.3 Å². The fourth-order valence-electron chi connectivity index (χ4n) is 3.48. The van der Waals surface area contributed by atoms with E-state index in [1.807, 2.05) is 29.7 Å². The van der Waals surface area contributed by atoms with E-state index in [0.717, 1.165) is 28.2 Å². The Morgan fingerprint density at radius 1 is 1.00 bits per heavy atom. The monoisotopic (exact) mass is 437 g/mol. The molecule has 2 aromatic heterocycles. The minimum absolute atomic E-state index is 0.149. The van der Waals surface area contributed by atoms with E-state index in [1.54, 1.807) is 18.2 Å². The largest absolute Gasteiger partial charge is 0.324 e. The van der Waals surface area contributed by atoms with E-state index in [1.165, 1.54) is 11.1 Å². The molecule has 0 aliphatic rings. The van der Waals surface area contributed by atoms with Crippen LogP contribution in [0.3, 0.4) is 0 Å². The number of hydrogen-bond acceptors (Lipinski definition) is 2. The van der Waals surface area contributed by atoms with Crippen LogP contribution in [0.4, 0.5) is 5.69 Å². The Kier molecular flexibility index (Phi) is 5.54. The van der Waals surface area contributed by atoms with Crippen molar-refractivity contribution >= 4 is 40.4 Å². The average Bonchev–Trinajstić information content (AvgIpc) is 3.07. The Balaban J connectivity index is 1.77. The number of nitrogens with one attached hydrogen (secondary N) is 1. The molecule has 0 fully saturated rings. The van der Waals surface area contributed by atoms with Crippen molar-refractivity contribution in [3.05, 3.63) is 87.2 Å². The van der Waals surface area contributed by atoms with E-state index >= 15 is 0 Å². The van der Waals surface area contributed by atoms with Crippen LogP contribution in [0.2, 0.25) is 10.0 Å². The summed E-state index contributed by atoms with van der Waals surface area (Å²) in [4.78, 5) is 17.8. The maximum absolute atomic E-state index is 12.9. The standard InChI is InChI=1S/C24H21Cl2N3O/c1-14-6-7-17(11-16(14)3)23-21(29-10-4-5-15(2)24(29)28-23)13-22(30)27-20-12-18(25)8-9-19(20)26/h4-12H,13H2,1-3H3,(H,27,30). The Labute approximate surface area is 185 Å². The zero-order chi connectivity index (χ0) is 21.4. The highest BCUT2D eigenvalue weighted by Crippen LogP contribution is 2.29. The van der Waals surface area contributed by atoms with E-state index in [-0.39, 0.29) is 12.3 Å². The molecule has 4 aromatic rings. The minimum Gasteiger partial charge on any atom is -0.324 e. The number of nitrogens with zero attached hydrogens (tertiary/aromatic N) is 2. The number of amides is 1.